The molecule has 0 aromatic rings. The van der Waals surface area contributed by atoms with Gasteiger partial charge in [0.15, 0.2) is 0 Å². The minimum atomic E-state index is -4.45. The van der Waals surface area contributed by atoms with Crippen molar-refractivity contribution >= 4 is 19.7 Å². The van der Waals surface area contributed by atoms with Gasteiger partial charge >= 0.3 is 13.8 Å². The van der Waals surface area contributed by atoms with Crippen molar-refractivity contribution in [3.63, 3.8) is 0 Å². The number of carbonyl (C=O) groups is 2. The number of carbonyl (C=O) groups excluding carboxylic acids is 2. The van der Waals surface area contributed by atoms with E-state index in [4.69, 9.17) is 13.8 Å². The predicted molar refractivity (Wildman–Crippen MR) is 342 cm³/mol. The van der Waals surface area contributed by atoms with Crippen LogP contribution in [0.3, 0.4) is 0 Å². The van der Waals surface area contributed by atoms with Crippen molar-refractivity contribution in [3.8, 4) is 0 Å². The van der Waals surface area contributed by atoms with Crippen molar-refractivity contribution in [2.75, 3.05) is 40.9 Å². The number of phosphoric acid groups is 1. The molecule has 0 aromatic carbocycles. The number of likely N-dealkylation sites (N-methyl/N-ethyl adjacent to an activating group) is 1. The van der Waals surface area contributed by atoms with Crippen molar-refractivity contribution in [2.45, 2.75) is 341 Å². The van der Waals surface area contributed by atoms with Crippen LogP contribution in [0.5, 0.6) is 0 Å². The summed E-state index contributed by atoms with van der Waals surface area (Å²) in [5, 5.41) is 3.07. The molecule has 0 fully saturated rings. The number of unbranched alkanes of at least 4 members (excludes halogenated alkanes) is 40. The van der Waals surface area contributed by atoms with Gasteiger partial charge in [-0.3, -0.25) is 18.6 Å². The number of nitrogens with zero attached hydrogens (tertiary/aromatic N) is 1. The molecule has 79 heavy (non-hydrogen) atoms. The number of hydrogen-bond donors (Lipinski definition) is 2. The Morgan fingerprint density at radius 1 is 0.443 bits per heavy atom. The van der Waals surface area contributed by atoms with E-state index in [2.05, 4.69) is 62.5 Å². The third kappa shape index (κ3) is 60.4. The summed E-state index contributed by atoms with van der Waals surface area (Å²) in [5.74, 6) is -0.492. The molecule has 1 amide bonds. The first-order valence-electron chi connectivity index (χ1n) is 34.0. The Bertz CT molecular complexity index is 1490. The molecule has 0 aliphatic heterocycles. The third-order valence-electron chi connectivity index (χ3n) is 15.3. The third-order valence-corrected chi connectivity index (χ3v) is 16.3. The van der Waals surface area contributed by atoms with E-state index in [0.717, 1.165) is 70.6 Å². The van der Waals surface area contributed by atoms with Crippen LogP contribution in [0.25, 0.3) is 0 Å². The summed E-state index contributed by atoms with van der Waals surface area (Å²) in [6.45, 7) is 7.03. The largest absolute Gasteiger partial charge is 0.472 e. The molecule has 0 aromatic heterocycles. The van der Waals surface area contributed by atoms with E-state index in [-0.39, 0.29) is 25.1 Å². The van der Waals surface area contributed by atoms with Gasteiger partial charge in [-0.15, -0.1) is 0 Å². The summed E-state index contributed by atoms with van der Waals surface area (Å²) in [6, 6.07) is -0.847. The van der Waals surface area contributed by atoms with Crippen molar-refractivity contribution in [2.24, 2.45) is 0 Å². The standard InChI is InChI=1S/C69H131N2O7P/c1-7-10-13-16-19-22-25-28-30-31-32-33-34-35-36-37-38-39-41-43-46-49-52-55-58-61-68(72)70-66(65-77-79(74,75)76-64-63-71(4,5)6)67(60-57-54-51-48-45-42-27-24-21-18-15-12-9-3)78-69(73)62-59-56-53-50-47-44-40-29-26-23-20-17-14-11-8-2/h19,22,28,30,32-33,57,60,66-67H,7-18,20-21,23-27,29,31,34-56,58-59,61-65H2,1-6H3,(H-,70,72,74,75)/p+1/b22-19-,30-28-,33-32-,60-57-. The Labute approximate surface area is 490 Å². The maximum atomic E-state index is 13.6. The normalized spacial score (nSPS) is 13.9. The van der Waals surface area contributed by atoms with Crippen molar-refractivity contribution < 1.29 is 37.3 Å². The molecule has 0 saturated heterocycles. The van der Waals surface area contributed by atoms with E-state index in [0.29, 0.717) is 23.9 Å². The summed E-state index contributed by atoms with van der Waals surface area (Å²) in [7, 11) is 1.51. The average Bonchev–Trinajstić information content (AvgIpc) is 3.41. The molecule has 9 nitrogen and oxygen atoms in total. The highest BCUT2D eigenvalue weighted by atomic mass is 31.2. The molecule has 0 rings (SSSR count). The molecule has 0 heterocycles. The van der Waals surface area contributed by atoms with Crippen LogP contribution in [0.15, 0.2) is 48.6 Å². The summed E-state index contributed by atoms with van der Waals surface area (Å²) >= 11 is 0. The van der Waals surface area contributed by atoms with E-state index < -0.39 is 20.0 Å². The fourth-order valence-corrected chi connectivity index (χ4v) is 10.7. The molecule has 3 atom stereocenters. The first-order chi connectivity index (χ1) is 38.4. The summed E-state index contributed by atoms with van der Waals surface area (Å²) in [6.07, 6.45) is 73.9. The highest BCUT2D eigenvalue weighted by Gasteiger charge is 2.30. The number of phosphoric ester groups is 1. The van der Waals surface area contributed by atoms with Gasteiger partial charge in [0, 0.05) is 12.8 Å². The molecule has 0 aliphatic rings. The van der Waals surface area contributed by atoms with Gasteiger partial charge < -0.3 is 19.4 Å². The molecule has 0 aliphatic carbocycles. The molecule has 3 unspecified atom stereocenters. The molecule has 0 spiro atoms. The topological polar surface area (TPSA) is 111 Å². The van der Waals surface area contributed by atoms with Gasteiger partial charge in [-0.05, 0) is 70.3 Å². The highest BCUT2D eigenvalue weighted by Crippen LogP contribution is 2.43. The molecule has 464 valence electrons. The number of nitrogens with one attached hydrogen (secondary N) is 1. The number of rotatable bonds is 62. The maximum Gasteiger partial charge on any atom is 0.472 e. The molecule has 0 bridgehead atoms. The lowest BCUT2D eigenvalue weighted by Gasteiger charge is -2.27. The van der Waals surface area contributed by atoms with E-state index in [9.17, 15) is 19.0 Å². The number of amides is 1. The van der Waals surface area contributed by atoms with E-state index in [1.165, 1.54) is 225 Å². The number of allylic oxidation sites excluding steroid dienone is 7. The summed E-state index contributed by atoms with van der Waals surface area (Å²) in [4.78, 5) is 37.8. The zero-order valence-electron chi connectivity index (χ0n) is 53.1. The lowest BCUT2D eigenvalue weighted by Crippen LogP contribution is -2.47. The average molecular weight is 1130 g/mol. The number of hydrogen-bond acceptors (Lipinski definition) is 6. The van der Waals surface area contributed by atoms with Gasteiger partial charge in [0.25, 0.3) is 0 Å². The first-order valence-corrected chi connectivity index (χ1v) is 35.5. The number of ether oxygens (including phenoxy) is 1. The van der Waals surface area contributed by atoms with Gasteiger partial charge in [-0.25, -0.2) is 4.57 Å². The van der Waals surface area contributed by atoms with E-state index in [1.807, 2.05) is 33.3 Å². The Morgan fingerprint density at radius 2 is 0.772 bits per heavy atom. The van der Waals surface area contributed by atoms with Crippen molar-refractivity contribution in [1.82, 2.24) is 5.32 Å². The fourth-order valence-electron chi connectivity index (χ4n) is 10.0. The van der Waals surface area contributed by atoms with Gasteiger partial charge in [0.05, 0.1) is 33.8 Å². The van der Waals surface area contributed by atoms with Crippen LogP contribution < -0.4 is 5.32 Å². The highest BCUT2D eigenvalue weighted by molar-refractivity contribution is 7.47. The minimum Gasteiger partial charge on any atom is -0.456 e. The van der Waals surface area contributed by atoms with Crippen LogP contribution in [0.1, 0.15) is 329 Å². The second-order valence-corrected chi connectivity index (χ2v) is 25.8. The summed E-state index contributed by atoms with van der Waals surface area (Å²) in [5.41, 5.74) is 0. The molecular weight excluding hydrogens is 1000 g/mol. The number of quaternary nitrogens is 1. The summed E-state index contributed by atoms with van der Waals surface area (Å²) < 4.78 is 30.8. The van der Waals surface area contributed by atoms with Crippen molar-refractivity contribution in [1.29, 1.82) is 0 Å². The Kier molecular flexibility index (Phi) is 57.6. The van der Waals surface area contributed by atoms with Crippen molar-refractivity contribution in [3.05, 3.63) is 48.6 Å². The molecular formula is C69H132N2O7P+. The van der Waals surface area contributed by atoms with Gasteiger partial charge in [0.2, 0.25) is 5.91 Å². The zero-order valence-corrected chi connectivity index (χ0v) is 54.0. The van der Waals surface area contributed by atoms with Gasteiger partial charge in [-0.1, -0.05) is 294 Å². The Balaban J connectivity index is 5.10. The van der Waals surface area contributed by atoms with Crippen LogP contribution >= 0.6 is 7.82 Å². The molecule has 2 N–H and O–H groups in total. The van der Waals surface area contributed by atoms with E-state index in [1.54, 1.807) is 0 Å². The maximum absolute atomic E-state index is 13.6. The molecule has 0 radical (unpaired) electrons. The molecule has 10 heteroatoms. The smallest absolute Gasteiger partial charge is 0.456 e. The Morgan fingerprint density at radius 3 is 1.18 bits per heavy atom. The minimum absolute atomic E-state index is 0.0417. The second kappa shape index (κ2) is 59.1. The lowest BCUT2D eigenvalue weighted by molar-refractivity contribution is -0.870. The van der Waals surface area contributed by atoms with Crippen LogP contribution in [0.4, 0.5) is 0 Å². The SMILES string of the molecule is CCCCC/C=C\C/C=C\C/C=C\CCCCCCCCCCCCCCC(=O)NC(COP(=O)(O)OCC[N+](C)(C)C)C(/C=C\CCCCCCCCCCCCC)OC(=O)CCCCCCCCCCCCCCCCC. The van der Waals surface area contributed by atoms with Gasteiger partial charge in [0.1, 0.15) is 19.3 Å². The predicted octanol–water partition coefficient (Wildman–Crippen LogP) is 21.2. The van der Waals surface area contributed by atoms with Crippen LogP contribution in [0.2, 0.25) is 0 Å². The zero-order chi connectivity index (χ0) is 57.9. The van der Waals surface area contributed by atoms with Crippen LogP contribution in [-0.2, 0) is 27.9 Å². The quantitative estimate of drug-likeness (QED) is 0.0205. The first kappa shape index (κ1) is 77.0. The number of esters is 1. The second-order valence-electron chi connectivity index (χ2n) is 24.4. The Hall–Kier alpha value is -2.03. The van der Waals surface area contributed by atoms with Gasteiger partial charge in [-0.2, -0.15) is 0 Å². The lowest BCUT2D eigenvalue weighted by atomic mass is 10.0. The van der Waals surface area contributed by atoms with E-state index >= 15 is 0 Å². The molecule has 0 saturated carbocycles. The van der Waals surface area contributed by atoms with Crippen LogP contribution in [0, 0.1) is 0 Å². The van der Waals surface area contributed by atoms with Crippen LogP contribution in [-0.4, -0.2) is 74.3 Å². The fraction of sp³-hybridized carbons (Fsp3) is 0.855. The monoisotopic (exact) mass is 1130 g/mol.